The Hall–Kier alpha value is -2.12. The summed E-state index contributed by atoms with van der Waals surface area (Å²) in [5.74, 6) is -1.63. The van der Waals surface area contributed by atoms with Crippen LogP contribution in [0.5, 0.6) is 0 Å². The molecular formula is C14H12ClFN2O3S. The maximum atomic E-state index is 13.7. The van der Waals surface area contributed by atoms with E-state index in [1.165, 1.54) is 30.3 Å². The molecule has 0 aromatic heterocycles. The average molecular weight is 343 g/mol. The Bertz CT molecular complexity index is 853. The van der Waals surface area contributed by atoms with Gasteiger partial charge < -0.3 is 5.73 Å². The molecule has 0 saturated heterocycles. The number of sulfonamides is 1. The minimum atomic E-state index is -4.19. The number of aryl methyl sites for hydroxylation is 1. The van der Waals surface area contributed by atoms with Gasteiger partial charge in [0.05, 0.1) is 10.7 Å². The summed E-state index contributed by atoms with van der Waals surface area (Å²) in [6, 6.07) is 7.58. The second-order valence-electron chi connectivity index (χ2n) is 4.60. The maximum Gasteiger partial charge on any atom is 0.264 e. The molecule has 116 valence electrons. The van der Waals surface area contributed by atoms with Crippen LogP contribution in [-0.2, 0) is 10.0 Å². The molecule has 2 aromatic rings. The van der Waals surface area contributed by atoms with Gasteiger partial charge in [0.1, 0.15) is 10.7 Å². The Kier molecular flexibility index (Phi) is 4.39. The molecule has 1 amide bonds. The summed E-state index contributed by atoms with van der Waals surface area (Å²) in [4.78, 5) is 10.6. The molecule has 8 heteroatoms. The number of carbonyl (C=O) groups is 1. The molecule has 0 spiro atoms. The third kappa shape index (κ3) is 3.37. The molecule has 0 aliphatic heterocycles. The number of rotatable bonds is 4. The van der Waals surface area contributed by atoms with E-state index in [9.17, 15) is 17.6 Å². The molecular weight excluding hydrogens is 331 g/mol. The first-order chi connectivity index (χ1) is 10.2. The van der Waals surface area contributed by atoms with E-state index in [2.05, 4.69) is 4.72 Å². The molecule has 0 saturated carbocycles. The van der Waals surface area contributed by atoms with Crippen molar-refractivity contribution in [3.8, 4) is 0 Å². The van der Waals surface area contributed by atoms with Gasteiger partial charge in [-0.25, -0.2) is 12.8 Å². The lowest BCUT2D eigenvalue weighted by Crippen LogP contribution is -2.16. The first-order valence-corrected chi connectivity index (χ1v) is 7.95. The van der Waals surface area contributed by atoms with Gasteiger partial charge in [-0.05, 0) is 42.8 Å². The second-order valence-corrected chi connectivity index (χ2v) is 6.66. The number of amides is 1. The topological polar surface area (TPSA) is 89.3 Å². The third-order valence-electron chi connectivity index (χ3n) is 2.87. The van der Waals surface area contributed by atoms with Crippen LogP contribution >= 0.6 is 11.6 Å². The average Bonchev–Trinajstić information content (AvgIpc) is 2.43. The summed E-state index contributed by atoms with van der Waals surface area (Å²) in [5, 5.41) is 0.0571. The zero-order valence-electron chi connectivity index (χ0n) is 11.4. The van der Waals surface area contributed by atoms with Crippen LogP contribution in [0.15, 0.2) is 41.3 Å². The molecule has 0 fully saturated rings. The fourth-order valence-electron chi connectivity index (χ4n) is 1.77. The Morgan fingerprint density at radius 3 is 2.55 bits per heavy atom. The number of nitrogens with one attached hydrogen (secondary N) is 1. The van der Waals surface area contributed by atoms with Crippen LogP contribution in [0.25, 0.3) is 0 Å². The highest BCUT2D eigenvalue weighted by molar-refractivity contribution is 7.92. The maximum absolute atomic E-state index is 13.7. The van der Waals surface area contributed by atoms with Crippen molar-refractivity contribution >= 4 is 33.2 Å². The Morgan fingerprint density at radius 1 is 1.23 bits per heavy atom. The van der Waals surface area contributed by atoms with Gasteiger partial charge in [-0.2, -0.15) is 0 Å². The predicted octanol–water partition coefficient (Wildman–Crippen LogP) is 2.69. The number of nitrogens with two attached hydrogens (primary N) is 1. The summed E-state index contributed by atoms with van der Waals surface area (Å²) < 4.78 is 40.5. The van der Waals surface area contributed by atoms with Gasteiger partial charge in [-0.1, -0.05) is 17.7 Å². The molecule has 0 bridgehead atoms. The van der Waals surface area contributed by atoms with Crippen LogP contribution < -0.4 is 10.5 Å². The van der Waals surface area contributed by atoms with Crippen molar-refractivity contribution < 1.29 is 17.6 Å². The summed E-state index contributed by atoms with van der Waals surface area (Å²) >= 11 is 5.89. The van der Waals surface area contributed by atoms with E-state index in [0.717, 1.165) is 6.07 Å². The largest absolute Gasteiger partial charge is 0.366 e. The van der Waals surface area contributed by atoms with E-state index in [-0.39, 0.29) is 16.3 Å². The first kappa shape index (κ1) is 16.3. The standard InChI is InChI=1S/C14H12ClFN2O3S/c1-8-2-5-11(16)13(6-8)22(20,21)18-12-7-9(14(17)19)3-4-10(12)15/h2-7,18H,1H3,(H2,17,19). The van der Waals surface area contributed by atoms with Crippen molar-refractivity contribution in [1.29, 1.82) is 0 Å². The van der Waals surface area contributed by atoms with Crippen LogP contribution in [0.2, 0.25) is 5.02 Å². The Balaban J connectivity index is 2.47. The zero-order valence-corrected chi connectivity index (χ0v) is 13.0. The third-order valence-corrected chi connectivity index (χ3v) is 4.58. The van der Waals surface area contributed by atoms with Crippen LogP contribution in [0, 0.1) is 12.7 Å². The highest BCUT2D eigenvalue weighted by Crippen LogP contribution is 2.27. The monoisotopic (exact) mass is 342 g/mol. The molecule has 0 aliphatic rings. The fraction of sp³-hybridized carbons (Fsp3) is 0.0714. The SMILES string of the molecule is Cc1ccc(F)c(S(=O)(=O)Nc2cc(C(N)=O)ccc2Cl)c1. The van der Waals surface area contributed by atoms with Crippen LogP contribution in [0.4, 0.5) is 10.1 Å². The number of primary amides is 1. The normalized spacial score (nSPS) is 11.2. The van der Waals surface area contributed by atoms with Gasteiger partial charge >= 0.3 is 0 Å². The van der Waals surface area contributed by atoms with Gasteiger partial charge in [0, 0.05) is 5.56 Å². The highest BCUT2D eigenvalue weighted by atomic mass is 35.5. The molecule has 0 heterocycles. The van der Waals surface area contributed by atoms with E-state index < -0.39 is 26.6 Å². The lowest BCUT2D eigenvalue weighted by Gasteiger charge is -2.11. The van der Waals surface area contributed by atoms with Gasteiger partial charge in [-0.15, -0.1) is 0 Å². The summed E-state index contributed by atoms with van der Waals surface area (Å²) in [6.45, 7) is 1.64. The summed E-state index contributed by atoms with van der Waals surface area (Å²) in [7, 11) is -4.19. The molecule has 0 radical (unpaired) electrons. The molecule has 2 rings (SSSR count). The lowest BCUT2D eigenvalue weighted by molar-refractivity contribution is 0.100. The van der Waals surface area contributed by atoms with E-state index >= 15 is 0 Å². The first-order valence-electron chi connectivity index (χ1n) is 6.09. The van der Waals surface area contributed by atoms with Crippen molar-refractivity contribution in [2.24, 2.45) is 5.73 Å². The predicted molar refractivity (Wildman–Crippen MR) is 81.9 cm³/mol. The Morgan fingerprint density at radius 2 is 1.91 bits per heavy atom. The van der Waals surface area contributed by atoms with E-state index in [0.29, 0.717) is 5.56 Å². The fourth-order valence-corrected chi connectivity index (χ4v) is 3.23. The van der Waals surface area contributed by atoms with Crippen molar-refractivity contribution in [3.05, 3.63) is 58.4 Å². The molecule has 2 aromatic carbocycles. The van der Waals surface area contributed by atoms with Crippen LogP contribution in [0.1, 0.15) is 15.9 Å². The minimum Gasteiger partial charge on any atom is -0.366 e. The molecule has 0 atom stereocenters. The molecule has 0 unspecified atom stereocenters. The second kappa shape index (κ2) is 5.94. The Labute approximate surface area is 131 Å². The quantitative estimate of drug-likeness (QED) is 0.895. The van der Waals surface area contributed by atoms with Crippen molar-refractivity contribution in [1.82, 2.24) is 0 Å². The van der Waals surface area contributed by atoms with Crippen molar-refractivity contribution in [2.45, 2.75) is 11.8 Å². The highest BCUT2D eigenvalue weighted by Gasteiger charge is 2.21. The summed E-state index contributed by atoms with van der Waals surface area (Å²) in [5.41, 5.74) is 5.73. The lowest BCUT2D eigenvalue weighted by atomic mass is 10.2. The van der Waals surface area contributed by atoms with Crippen molar-refractivity contribution in [2.75, 3.05) is 4.72 Å². The number of benzene rings is 2. The number of hydrogen-bond acceptors (Lipinski definition) is 3. The van der Waals surface area contributed by atoms with Gasteiger partial charge in [0.25, 0.3) is 10.0 Å². The summed E-state index contributed by atoms with van der Waals surface area (Å²) in [6.07, 6.45) is 0. The van der Waals surface area contributed by atoms with E-state index in [4.69, 9.17) is 17.3 Å². The number of carbonyl (C=O) groups excluding carboxylic acids is 1. The van der Waals surface area contributed by atoms with E-state index in [1.807, 2.05) is 0 Å². The number of hydrogen-bond donors (Lipinski definition) is 2. The van der Waals surface area contributed by atoms with E-state index in [1.54, 1.807) is 6.92 Å². The molecule has 22 heavy (non-hydrogen) atoms. The number of halogens is 2. The number of anilines is 1. The minimum absolute atomic E-state index is 0.0566. The molecule has 5 nitrogen and oxygen atoms in total. The van der Waals surface area contributed by atoms with Crippen LogP contribution in [0.3, 0.4) is 0 Å². The van der Waals surface area contributed by atoms with Gasteiger partial charge in [0.15, 0.2) is 0 Å². The molecule has 0 aliphatic carbocycles. The van der Waals surface area contributed by atoms with Crippen molar-refractivity contribution in [3.63, 3.8) is 0 Å². The zero-order chi connectivity index (χ0) is 16.5. The van der Waals surface area contributed by atoms with Gasteiger partial charge in [-0.3, -0.25) is 9.52 Å². The van der Waals surface area contributed by atoms with Gasteiger partial charge in [0.2, 0.25) is 5.91 Å². The molecule has 3 N–H and O–H groups in total. The van der Waals surface area contributed by atoms with Crippen LogP contribution in [-0.4, -0.2) is 14.3 Å². The smallest absolute Gasteiger partial charge is 0.264 e.